The van der Waals surface area contributed by atoms with Crippen LogP contribution in [0.4, 0.5) is 0 Å². The molecule has 6 aromatic carbocycles. The lowest BCUT2D eigenvalue weighted by Gasteiger charge is -2.12. The van der Waals surface area contributed by atoms with Crippen LogP contribution >= 0.6 is 0 Å². The average Bonchev–Trinajstić information content (AvgIpc) is 3.32. The number of hydrogen-bond acceptors (Lipinski definition) is 14. The molecule has 0 saturated carbocycles. The number of aromatic hydroxyl groups is 2. The van der Waals surface area contributed by atoms with Crippen molar-refractivity contribution in [2.24, 2.45) is 0 Å². The van der Waals surface area contributed by atoms with E-state index in [1.54, 1.807) is 24.3 Å². The number of aromatic nitrogens is 6. The summed E-state index contributed by atoms with van der Waals surface area (Å²) < 4.78 is 21.6. The van der Waals surface area contributed by atoms with Crippen LogP contribution in [0, 0.1) is 0 Å². The van der Waals surface area contributed by atoms with Crippen molar-refractivity contribution in [1.82, 2.24) is 29.9 Å². The van der Waals surface area contributed by atoms with Crippen molar-refractivity contribution in [2.45, 2.75) is 6.42 Å². The first-order chi connectivity index (χ1) is 30.9. The van der Waals surface area contributed by atoms with Gasteiger partial charge in [0.15, 0.2) is 34.9 Å². The summed E-state index contributed by atoms with van der Waals surface area (Å²) in [5, 5.41) is 21.9. The minimum absolute atomic E-state index is 0.0449. The van der Waals surface area contributed by atoms with Gasteiger partial charge in [0.25, 0.3) is 0 Å². The minimum atomic E-state index is -0.800. The topological polar surface area (TPSA) is 189 Å². The largest absolute Gasteiger partial charge is 0.507 e. The zero-order chi connectivity index (χ0) is 43.4. The Morgan fingerprint density at radius 1 is 0.381 bits per heavy atom. The second kappa shape index (κ2) is 19.7. The van der Waals surface area contributed by atoms with Gasteiger partial charge in [-0.3, -0.25) is 9.59 Å². The lowest BCUT2D eigenvalue weighted by atomic mass is 10.1. The van der Waals surface area contributed by atoms with Crippen LogP contribution in [-0.2, 0) is 19.1 Å². The van der Waals surface area contributed by atoms with Crippen LogP contribution in [0.3, 0.4) is 0 Å². The van der Waals surface area contributed by atoms with Crippen LogP contribution in [0.25, 0.3) is 68.3 Å². The molecule has 14 heteroatoms. The molecule has 2 heterocycles. The van der Waals surface area contributed by atoms with E-state index in [1.807, 2.05) is 121 Å². The van der Waals surface area contributed by atoms with Gasteiger partial charge in [0.05, 0.1) is 11.1 Å². The Kier molecular flexibility index (Phi) is 12.9. The first-order valence-corrected chi connectivity index (χ1v) is 19.8. The summed E-state index contributed by atoms with van der Waals surface area (Å²) in [5.41, 5.74) is 3.93. The quantitative estimate of drug-likeness (QED) is 0.0536. The van der Waals surface area contributed by atoms with Crippen LogP contribution in [0.1, 0.15) is 6.42 Å². The van der Waals surface area contributed by atoms with E-state index in [9.17, 15) is 19.8 Å². The lowest BCUT2D eigenvalue weighted by molar-refractivity contribution is -0.155. The number of carbonyl (C=O) groups excluding carboxylic acids is 2. The van der Waals surface area contributed by atoms with Gasteiger partial charge >= 0.3 is 11.9 Å². The number of hydrogen-bond donors (Lipinski definition) is 2. The molecule has 0 amide bonds. The van der Waals surface area contributed by atoms with E-state index in [0.717, 1.165) is 22.3 Å². The number of ether oxygens (including phenoxy) is 4. The van der Waals surface area contributed by atoms with Crippen molar-refractivity contribution in [1.29, 1.82) is 0 Å². The zero-order valence-corrected chi connectivity index (χ0v) is 33.6. The maximum Gasteiger partial charge on any atom is 0.317 e. The molecule has 0 spiro atoms. The third-order valence-electron chi connectivity index (χ3n) is 9.34. The summed E-state index contributed by atoms with van der Waals surface area (Å²) in [4.78, 5) is 52.5. The third kappa shape index (κ3) is 10.6. The fraction of sp³-hybridized carbons (Fsp3) is 0.102. The molecule has 0 aliphatic carbocycles. The Bertz CT molecular complexity index is 2530. The summed E-state index contributed by atoms with van der Waals surface area (Å²) in [5.74, 6) is 1.16. The first kappa shape index (κ1) is 41.2. The van der Waals surface area contributed by atoms with E-state index in [-0.39, 0.29) is 49.6 Å². The molecule has 0 fully saturated rings. The van der Waals surface area contributed by atoms with E-state index in [0.29, 0.717) is 45.9 Å². The van der Waals surface area contributed by atoms with Gasteiger partial charge in [0.1, 0.15) is 55.8 Å². The van der Waals surface area contributed by atoms with Gasteiger partial charge < -0.3 is 29.2 Å². The first-order valence-electron chi connectivity index (χ1n) is 19.8. The summed E-state index contributed by atoms with van der Waals surface area (Å²) in [6, 6.07) is 47.3. The molecule has 2 N–H and O–H groups in total. The molecular formula is C49H38N6O8. The molecule has 14 nitrogen and oxygen atoms in total. The van der Waals surface area contributed by atoms with E-state index in [4.69, 9.17) is 18.9 Å². The number of esters is 2. The molecule has 0 saturated heterocycles. The standard InChI is InChI=1S/C49H38N6O8/c56-40-29-36(21-23-38(40)48-52-44(32-13-5-1-6-14-32)50-45(53-48)33-15-7-2-8-16-33)60-25-27-62-42(58)31-43(59)63-28-26-61-37-22-24-39(41(57)30-37)49-54-46(34-17-9-3-10-18-34)51-47(55-49)35-19-11-4-12-20-35/h1-24,29-30,56-57H,25-28,31H2. The summed E-state index contributed by atoms with van der Waals surface area (Å²) in [6.07, 6.45) is -0.616. The predicted octanol–water partition coefficient (Wildman–Crippen LogP) is 8.40. The average molecular weight is 839 g/mol. The molecule has 312 valence electrons. The van der Waals surface area contributed by atoms with Crippen molar-refractivity contribution < 1.29 is 38.7 Å². The Labute approximate surface area is 361 Å². The van der Waals surface area contributed by atoms with Gasteiger partial charge in [-0.2, -0.15) is 0 Å². The smallest absolute Gasteiger partial charge is 0.317 e. The molecule has 0 bridgehead atoms. The Balaban J connectivity index is 0.795. The maximum atomic E-state index is 12.3. The van der Waals surface area contributed by atoms with Crippen molar-refractivity contribution in [3.05, 3.63) is 158 Å². The van der Waals surface area contributed by atoms with Crippen molar-refractivity contribution in [3.63, 3.8) is 0 Å². The molecule has 0 atom stereocenters. The Morgan fingerprint density at radius 3 is 0.984 bits per heavy atom. The van der Waals surface area contributed by atoms with E-state index < -0.39 is 18.4 Å². The van der Waals surface area contributed by atoms with Crippen molar-refractivity contribution in [2.75, 3.05) is 26.4 Å². The number of benzene rings is 6. The summed E-state index contributed by atoms with van der Waals surface area (Å²) in [6.45, 7) is -0.401. The number of phenolic OH excluding ortho intramolecular Hbond substituents is 2. The highest BCUT2D eigenvalue weighted by Crippen LogP contribution is 2.34. The normalized spacial score (nSPS) is 10.8. The molecule has 2 aromatic heterocycles. The highest BCUT2D eigenvalue weighted by Gasteiger charge is 2.18. The highest BCUT2D eigenvalue weighted by molar-refractivity contribution is 5.91. The fourth-order valence-electron chi connectivity index (χ4n) is 6.29. The molecule has 0 unspecified atom stereocenters. The number of carbonyl (C=O) groups is 2. The second-order valence-corrected chi connectivity index (χ2v) is 13.7. The Morgan fingerprint density at radius 2 is 0.683 bits per heavy atom. The van der Waals surface area contributed by atoms with E-state index in [1.165, 1.54) is 12.1 Å². The van der Waals surface area contributed by atoms with Crippen molar-refractivity contribution >= 4 is 11.9 Å². The van der Waals surface area contributed by atoms with Gasteiger partial charge in [-0.1, -0.05) is 121 Å². The van der Waals surface area contributed by atoms with Crippen LogP contribution in [-0.4, -0.2) is 78.5 Å². The van der Waals surface area contributed by atoms with E-state index >= 15 is 0 Å². The minimum Gasteiger partial charge on any atom is -0.507 e. The van der Waals surface area contributed by atoms with Gasteiger partial charge in [-0.05, 0) is 24.3 Å². The fourth-order valence-corrected chi connectivity index (χ4v) is 6.29. The summed E-state index contributed by atoms with van der Waals surface area (Å²) in [7, 11) is 0. The number of nitrogens with zero attached hydrogens (tertiary/aromatic N) is 6. The van der Waals surface area contributed by atoms with Crippen LogP contribution in [0.2, 0.25) is 0 Å². The van der Waals surface area contributed by atoms with Gasteiger partial charge in [-0.15, -0.1) is 0 Å². The second-order valence-electron chi connectivity index (χ2n) is 13.7. The van der Waals surface area contributed by atoms with Crippen LogP contribution < -0.4 is 9.47 Å². The molecule has 0 radical (unpaired) electrons. The zero-order valence-electron chi connectivity index (χ0n) is 33.6. The molecule has 0 aliphatic rings. The monoisotopic (exact) mass is 838 g/mol. The third-order valence-corrected chi connectivity index (χ3v) is 9.34. The van der Waals surface area contributed by atoms with E-state index in [2.05, 4.69) is 29.9 Å². The van der Waals surface area contributed by atoms with Gasteiger partial charge in [0, 0.05) is 34.4 Å². The van der Waals surface area contributed by atoms with Crippen LogP contribution in [0.15, 0.2) is 158 Å². The van der Waals surface area contributed by atoms with Crippen molar-refractivity contribution in [3.8, 4) is 91.3 Å². The van der Waals surface area contributed by atoms with Gasteiger partial charge in [0.2, 0.25) is 0 Å². The highest BCUT2D eigenvalue weighted by atomic mass is 16.6. The van der Waals surface area contributed by atoms with Gasteiger partial charge in [-0.25, -0.2) is 29.9 Å². The molecular weight excluding hydrogens is 801 g/mol. The Hall–Kier alpha value is -8.52. The predicted molar refractivity (Wildman–Crippen MR) is 233 cm³/mol. The number of phenols is 2. The molecule has 63 heavy (non-hydrogen) atoms. The lowest BCUT2D eigenvalue weighted by Crippen LogP contribution is -2.18. The van der Waals surface area contributed by atoms with Crippen LogP contribution in [0.5, 0.6) is 23.0 Å². The number of rotatable bonds is 16. The SMILES string of the molecule is O=C(CC(=O)OCCOc1ccc(-c2nc(-c3ccccc3)nc(-c3ccccc3)n2)c(O)c1)OCCOc1ccc(-c2nc(-c3ccccc3)nc(-c3ccccc3)n2)c(O)c1. The molecule has 8 aromatic rings. The summed E-state index contributed by atoms with van der Waals surface area (Å²) >= 11 is 0. The maximum absolute atomic E-state index is 12.3. The molecule has 8 rings (SSSR count). The molecule has 0 aliphatic heterocycles.